The van der Waals surface area contributed by atoms with Crippen LogP contribution in [-0.4, -0.2) is 6.61 Å². The first-order valence-electron chi connectivity index (χ1n) is 3.93. The minimum Gasteiger partial charge on any atom is -0.488 e. The van der Waals surface area contributed by atoms with Gasteiger partial charge in [0.05, 0.1) is 4.47 Å². The highest BCUT2D eigenvalue weighted by Crippen LogP contribution is 2.37. The van der Waals surface area contributed by atoms with Gasteiger partial charge in [-0.3, -0.25) is 0 Å². The summed E-state index contributed by atoms with van der Waals surface area (Å²) in [6.45, 7) is 6.25. The number of halogens is 3. The van der Waals surface area contributed by atoms with E-state index in [1.165, 1.54) is 0 Å². The Balaban J connectivity index is 2.88. The predicted molar refractivity (Wildman–Crippen MR) is 69.9 cm³/mol. The lowest BCUT2D eigenvalue weighted by Crippen LogP contribution is -1.98. The van der Waals surface area contributed by atoms with Crippen molar-refractivity contribution in [3.8, 4) is 5.75 Å². The number of hydrogen-bond acceptors (Lipinski definition) is 1. The van der Waals surface area contributed by atoms with E-state index in [1.807, 2.05) is 19.1 Å². The Morgan fingerprint density at radius 2 is 1.93 bits per heavy atom. The van der Waals surface area contributed by atoms with E-state index < -0.39 is 0 Å². The summed E-state index contributed by atoms with van der Waals surface area (Å²) >= 11 is 10.3. The van der Waals surface area contributed by atoms with Gasteiger partial charge >= 0.3 is 0 Å². The highest BCUT2D eigenvalue weighted by Gasteiger charge is 2.08. The van der Waals surface area contributed by atoms with Crippen molar-refractivity contribution in [2.75, 3.05) is 6.61 Å². The Morgan fingerprint density at radius 1 is 1.29 bits per heavy atom. The third-order valence-corrected chi connectivity index (χ3v) is 4.81. The second-order valence-corrected chi connectivity index (χ2v) is 5.36. The molecule has 0 saturated heterocycles. The molecule has 0 bridgehead atoms. The highest BCUT2D eigenvalue weighted by molar-refractivity contribution is 9.14. The Bertz CT molecular complexity index is 361. The van der Waals surface area contributed by atoms with Crippen LogP contribution in [0.4, 0.5) is 0 Å². The molecule has 76 valence electrons. The molecule has 1 aromatic carbocycles. The van der Waals surface area contributed by atoms with Crippen LogP contribution in [0.5, 0.6) is 5.75 Å². The van der Waals surface area contributed by atoms with Crippen molar-refractivity contribution in [1.29, 1.82) is 0 Å². The van der Waals surface area contributed by atoms with Gasteiger partial charge in [0.25, 0.3) is 0 Å². The van der Waals surface area contributed by atoms with E-state index in [2.05, 4.69) is 54.4 Å². The van der Waals surface area contributed by atoms with Crippen LogP contribution in [-0.2, 0) is 0 Å². The Morgan fingerprint density at radius 3 is 2.50 bits per heavy atom. The maximum atomic E-state index is 5.54. The van der Waals surface area contributed by atoms with Crippen molar-refractivity contribution in [1.82, 2.24) is 0 Å². The van der Waals surface area contributed by atoms with Crippen molar-refractivity contribution in [2.45, 2.75) is 6.92 Å². The van der Waals surface area contributed by atoms with E-state index in [-0.39, 0.29) is 0 Å². The topological polar surface area (TPSA) is 9.23 Å². The molecular formula is C10H9Br3O. The summed E-state index contributed by atoms with van der Waals surface area (Å²) in [7, 11) is 0. The number of rotatable bonds is 3. The van der Waals surface area contributed by atoms with Crippen LogP contribution < -0.4 is 4.74 Å². The third kappa shape index (κ3) is 3.11. The van der Waals surface area contributed by atoms with Crippen LogP contribution in [0.25, 0.3) is 0 Å². The third-order valence-electron chi connectivity index (χ3n) is 1.47. The van der Waals surface area contributed by atoms with E-state index in [0.29, 0.717) is 6.61 Å². The first-order valence-corrected chi connectivity index (χ1v) is 6.31. The summed E-state index contributed by atoms with van der Waals surface area (Å²) in [6, 6.07) is 3.84. The van der Waals surface area contributed by atoms with Crippen molar-refractivity contribution >= 4 is 47.8 Å². The zero-order chi connectivity index (χ0) is 10.7. The molecule has 0 spiro atoms. The first-order chi connectivity index (χ1) is 6.52. The summed E-state index contributed by atoms with van der Waals surface area (Å²) in [4.78, 5) is 0. The minimum absolute atomic E-state index is 0.534. The van der Waals surface area contributed by atoms with Gasteiger partial charge in [-0.2, -0.15) is 0 Å². The lowest BCUT2D eigenvalue weighted by molar-refractivity contribution is 0.350. The summed E-state index contributed by atoms with van der Waals surface area (Å²) in [5.74, 6) is 0.808. The molecule has 1 nitrogen and oxygen atoms in total. The van der Waals surface area contributed by atoms with Crippen LogP contribution in [0.15, 0.2) is 37.7 Å². The molecule has 0 aromatic heterocycles. The van der Waals surface area contributed by atoms with E-state index in [4.69, 9.17) is 4.74 Å². The number of benzene rings is 1. The van der Waals surface area contributed by atoms with Crippen molar-refractivity contribution in [3.05, 3.63) is 37.7 Å². The number of ether oxygens (including phenoxy) is 1. The fourth-order valence-corrected chi connectivity index (χ4v) is 2.20. The second-order valence-electron chi connectivity index (χ2n) is 2.92. The average molecular weight is 385 g/mol. The van der Waals surface area contributed by atoms with Crippen LogP contribution >= 0.6 is 47.8 Å². The van der Waals surface area contributed by atoms with Crippen molar-refractivity contribution in [3.63, 3.8) is 0 Å². The van der Waals surface area contributed by atoms with Gasteiger partial charge in [0.15, 0.2) is 0 Å². The average Bonchev–Trinajstić information content (AvgIpc) is 2.13. The zero-order valence-corrected chi connectivity index (χ0v) is 12.4. The minimum atomic E-state index is 0.534. The molecule has 0 unspecified atom stereocenters. The Hall–Kier alpha value is 0.200. The normalized spacial score (nSPS) is 10.0. The van der Waals surface area contributed by atoms with E-state index >= 15 is 0 Å². The lowest BCUT2D eigenvalue weighted by Gasteiger charge is -2.09. The first kappa shape index (κ1) is 12.3. The van der Waals surface area contributed by atoms with Gasteiger partial charge in [0, 0.05) is 8.95 Å². The van der Waals surface area contributed by atoms with Gasteiger partial charge in [-0.05, 0) is 72.4 Å². The van der Waals surface area contributed by atoms with E-state index in [0.717, 1.165) is 24.7 Å². The molecule has 14 heavy (non-hydrogen) atoms. The quantitative estimate of drug-likeness (QED) is 0.530. The molecular weight excluding hydrogens is 376 g/mol. The van der Waals surface area contributed by atoms with E-state index in [1.54, 1.807) is 0 Å². The molecule has 4 heteroatoms. The lowest BCUT2D eigenvalue weighted by atomic mass is 10.3. The molecule has 0 fully saturated rings. The summed E-state index contributed by atoms with van der Waals surface area (Å²) in [5.41, 5.74) is 0.996. The van der Waals surface area contributed by atoms with Crippen LogP contribution in [0.1, 0.15) is 6.92 Å². The molecule has 0 amide bonds. The fraction of sp³-hybridized carbons (Fsp3) is 0.200. The van der Waals surface area contributed by atoms with Gasteiger partial charge in [-0.15, -0.1) is 0 Å². The second kappa shape index (κ2) is 5.33. The molecule has 0 aliphatic heterocycles. The van der Waals surface area contributed by atoms with Crippen LogP contribution in [0.3, 0.4) is 0 Å². The molecule has 1 rings (SSSR count). The molecule has 0 atom stereocenters. The Kier molecular flexibility index (Phi) is 4.67. The standard InChI is InChI=1S/C10H9Br3O/c1-6(2)5-14-8-4-3-7(11)9(12)10(8)13/h3-4H,1,5H2,2H3. The Labute approximate surface area is 109 Å². The van der Waals surface area contributed by atoms with Gasteiger partial charge < -0.3 is 4.74 Å². The molecule has 0 N–H and O–H groups in total. The molecule has 1 aromatic rings. The predicted octanol–water partition coefficient (Wildman–Crippen LogP) is 4.93. The molecule has 0 aliphatic carbocycles. The van der Waals surface area contributed by atoms with Gasteiger partial charge in [0.1, 0.15) is 12.4 Å². The maximum Gasteiger partial charge on any atom is 0.135 e. The summed E-state index contributed by atoms with van der Waals surface area (Å²) in [5, 5.41) is 0. The summed E-state index contributed by atoms with van der Waals surface area (Å²) in [6.07, 6.45) is 0. The molecule has 0 heterocycles. The summed E-state index contributed by atoms with van der Waals surface area (Å²) < 4.78 is 8.40. The largest absolute Gasteiger partial charge is 0.488 e. The highest BCUT2D eigenvalue weighted by atomic mass is 79.9. The number of hydrogen-bond donors (Lipinski definition) is 0. The maximum absolute atomic E-state index is 5.54. The van der Waals surface area contributed by atoms with Gasteiger partial charge in [0.2, 0.25) is 0 Å². The van der Waals surface area contributed by atoms with Crippen molar-refractivity contribution < 1.29 is 4.74 Å². The van der Waals surface area contributed by atoms with Gasteiger partial charge in [-0.25, -0.2) is 0 Å². The fourth-order valence-electron chi connectivity index (χ4n) is 0.821. The molecule has 0 aliphatic rings. The van der Waals surface area contributed by atoms with Crippen LogP contribution in [0.2, 0.25) is 0 Å². The molecule has 0 saturated carbocycles. The zero-order valence-electron chi connectivity index (χ0n) is 7.61. The van der Waals surface area contributed by atoms with E-state index in [9.17, 15) is 0 Å². The van der Waals surface area contributed by atoms with Crippen LogP contribution in [0, 0.1) is 0 Å². The smallest absolute Gasteiger partial charge is 0.135 e. The molecule has 0 radical (unpaired) electrons. The SMILES string of the molecule is C=C(C)COc1ccc(Br)c(Br)c1Br. The van der Waals surface area contributed by atoms with Crippen molar-refractivity contribution in [2.24, 2.45) is 0 Å². The van der Waals surface area contributed by atoms with Gasteiger partial charge in [-0.1, -0.05) is 6.58 Å². The monoisotopic (exact) mass is 382 g/mol.